The fourth-order valence-electron chi connectivity index (χ4n) is 3.89. The zero-order chi connectivity index (χ0) is 18.8. The molecule has 0 spiro atoms. The van der Waals surface area contributed by atoms with Crippen LogP contribution in [0.15, 0.2) is 60.9 Å². The zero-order valence-electron chi connectivity index (χ0n) is 15.7. The molecule has 3 aromatic rings. The Bertz CT molecular complexity index is 921. The van der Waals surface area contributed by atoms with Gasteiger partial charge in [-0.3, -0.25) is 9.89 Å². The maximum Gasteiger partial charge on any atom is 0.224 e. The Morgan fingerprint density at radius 1 is 1.15 bits per heavy atom. The van der Waals surface area contributed by atoms with Crippen LogP contribution in [0.1, 0.15) is 25.8 Å². The first-order valence-corrected chi connectivity index (χ1v) is 9.39. The number of nitrogens with one attached hydrogen (secondary N) is 1. The van der Waals surface area contributed by atoms with Gasteiger partial charge >= 0.3 is 0 Å². The van der Waals surface area contributed by atoms with Crippen LogP contribution in [0.5, 0.6) is 0 Å². The lowest BCUT2D eigenvalue weighted by Gasteiger charge is -2.43. The number of carbonyl (C=O) groups excluding carboxylic acids is 1. The van der Waals surface area contributed by atoms with Crippen LogP contribution >= 0.6 is 0 Å². The van der Waals surface area contributed by atoms with E-state index in [-0.39, 0.29) is 11.9 Å². The summed E-state index contributed by atoms with van der Waals surface area (Å²) < 4.78 is 0. The average Bonchev–Trinajstić information content (AvgIpc) is 3.22. The van der Waals surface area contributed by atoms with Crippen molar-refractivity contribution in [3.63, 3.8) is 0 Å². The third kappa shape index (κ3) is 3.33. The Balaban J connectivity index is 1.79. The summed E-state index contributed by atoms with van der Waals surface area (Å²) in [5, 5.41) is 6.94. The third-order valence-electron chi connectivity index (χ3n) is 5.23. The predicted molar refractivity (Wildman–Crippen MR) is 109 cm³/mol. The number of hydrogen-bond acceptors (Lipinski definition) is 3. The standard InChI is InChI=1S/C22H24N4O/c1-3-20-15-25(14-17-7-5-4-6-8-17)22-11-18(19-12-23-24-13-19)9-10-21(22)26(20)16(2)27/h4-13,20H,3,14-15H2,1-2H3,(H,23,24). The van der Waals surface area contributed by atoms with Crippen molar-refractivity contribution in [2.45, 2.75) is 32.9 Å². The fourth-order valence-corrected chi connectivity index (χ4v) is 3.89. The smallest absolute Gasteiger partial charge is 0.224 e. The van der Waals surface area contributed by atoms with E-state index >= 15 is 0 Å². The lowest BCUT2D eigenvalue weighted by molar-refractivity contribution is -0.117. The number of rotatable bonds is 4. The van der Waals surface area contributed by atoms with E-state index in [1.807, 2.05) is 23.4 Å². The van der Waals surface area contributed by atoms with Crippen LogP contribution in [-0.4, -0.2) is 28.7 Å². The van der Waals surface area contributed by atoms with Gasteiger partial charge < -0.3 is 9.80 Å². The van der Waals surface area contributed by atoms with E-state index in [1.165, 1.54) is 5.56 Å². The molecule has 0 saturated carbocycles. The number of aromatic nitrogens is 2. The molecule has 2 aromatic carbocycles. The van der Waals surface area contributed by atoms with E-state index in [9.17, 15) is 4.79 Å². The van der Waals surface area contributed by atoms with Gasteiger partial charge in [-0.25, -0.2) is 0 Å². The Labute approximate surface area is 159 Å². The second-order valence-corrected chi connectivity index (χ2v) is 7.01. The highest BCUT2D eigenvalue weighted by molar-refractivity contribution is 5.98. The molecule has 4 rings (SSSR count). The molecular formula is C22H24N4O. The predicted octanol–water partition coefficient (Wildman–Crippen LogP) is 4.23. The van der Waals surface area contributed by atoms with Crippen LogP contribution in [0.2, 0.25) is 0 Å². The second-order valence-electron chi connectivity index (χ2n) is 7.01. The van der Waals surface area contributed by atoms with Gasteiger partial charge in [-0.05, 0) is 29.7 Å². The molecule has 5 heteroatoms. The van der Waals surface area contributed by atoms with Gasteiger partial charge in [0.15, 0.2) is 0 Å². The van der Waals surface area contributed by atoms with Crippen molar-refractivity contribution in [2.24, 2.45) is 0 Å². The third-order valence-corrected chi connectivity index (χ3v) is 5.23. The molecule has 1 aliphatic rings. The van der Waals surface area contributed by atoms with Gasteiger partial charge in [-0.1, -0.05) is 43.3 Å². The van der Waals surface area contributed by atoms with Crippen LogP contribution in [0, 0.1) is 0 Å². The molecule has 0 fully saturated rings. The minimum atomic E-state index is 0.0959. The Morgan fingerprint density at radius 2 is 1.96 bits per heavy atom. The number of nitrogens with zero attached hydrogens (tertiary/aromatic N) is 3. The van der Waals surface area contributed by atoms with Crippen molar-refractivity contribution < 1.29 is 4.79 Å². The zero-order valence-corrected chi connectivity index (χ0v) is 15.7. The molecule has 138 valence electrons. The highest BCUT2D eigenvalue weighted by Gasteiger charge is 2.32. The molecule has 0 radical (unpaired) electrons. The first-order valence-electron chi connectivity index (χ1n) is 9.39. The number of hydrogen-bond donors (Lipinski definition) is 1. The molecule has 2 heterocycles. The van der Waals surface area contributed by atoms with E-state index in [0.717, 1.165) is 42.0 Å². The molecule has 1 atom stereocenters. The minimum absolute atomic E-state index is 0.0959. The maximum absolute atomic E-state index is 12.4. The average molecular weight is 360 g/mol. The lowest BCUT2D eigenvalue weighted by atomic mass is 10.00. The number of aromatic amines is 1. The molecule has 1 aromatic heterocycles. The molecule has 1 unspecified atom stereocenters. The van der Waals surface area contributed by atoms with Crippen molar-refractivity contribution in [3.05, 3.63) is 66.5 Å². The van der Waals surface area contributed by atoms with Crippen LogP contribution < -0.4 is 9.80 Å². The Kier molecular flexibility index (Phi) is 4.67. The van der Waals surface area contributed by atoms with Crippen LogP contribution in [-0.2, 0) is 11.3 Å². The largest absolute Gasteiger partial charge is 0.363 e. The second kappa shape index (κ2) is 7.27. The highest BCUT2D eigenvalue weighted by atomic mass is 16.2. The summed E-state index contributed by atoms with van der Waals surface area (Å²) >= 11 is 0. The van der Waals surface area contributed by atoms with Crippen molar-refractivity contribution in [3.8, 4) is 11.1 Å². The van der Waals surface area contributed by atoms with Crippen molar-refractivity contribution in [1.29, 1.82) is 0 Å². The highest BCUT2D eigenvalue weighted by Crippen LogP contribution is 2.40. The number of fused-ring (bicyclic) bond motifs is 1. The van der Waals surface area contributed by atoms with Crippen LogP contribution in [0.3, 0.4) is 0 Å². The number of anilines is 2. The Hall–Kier alpha value is -3.08. The summed E-state index contributed by atoms with van der Waals surface area (Å²) in [6.07, 6.45) is 4.64. The first-order chi connectivity index (χ1) is 13.2. The summed E-state index contributed by atoms with van der Waals surface area (Å²) in [5.41, 5.74) is 5.49. The van der Waals surface area contributed by atoms with Gasteiger partial charge in [0, 0.05) is 31.8 Å². The SMILES string of the molecule is CCC1CN(Cc2ccccc2)c2cc(-c3cn[nH]c3)ccc2N1C(C)=O. The quantitative estimate of drug-likeness (QED) is 0.757. The molecule has 1 aliphatic heterocycles. The van der Waals surface area contributed by atoms with E-state index in [2.05, 4.69) is 64.5 Å². The molecule has 1 N–H and O–H groups in total. The van der Waals surface area contributed by atoms with Crippen LogP contribution in [0.25, 0.3) is 11.1 Å². The van der Waals surface area contributed by atoms with Crippen molar-refractivity contribution >= 4 is 17.3 Å². The number of amides is 1. The van der Waals surface area contributed by atoms with Gasteiger partial charge in [-0.2, -0.15) is 5.10 Å². The van der Waals surface area contributed by atoms with Crippen LogP contribution in [0.4, 0.5) is 11.4 Å². The molecule has 0 bridgehead atoms. The van der Waals surface area contributed by atoms with E-state index in [4.69, 9.17) is 0 Å². The Morgan fingerprint density at radius 3 is 2.63 bits per heavy atom. The first kappa shape index (κ1) is 17.3. The number of H-pyrrole nitrogens is 1. The summed E-state index contributed by atoms with van der Waals surface area (Å²) in [6, 6.07) is 17.0. The molecule has 0 aliphatic carbocycles. The van der Waals surface area contributed by atoms with Gasteiger partial charge in [-0.15, -0.1) is 0 Å². The fraction of sp³-hybridized carbons (Fsp3) is 0.273. The molecule has 5 nitrogen and oxygen atoms in total. The summed E-state index contributed by atoms with van der Waals surface area (Å²) in [5.74, 6) is 0.0959. The minimum Gasteiger partial charge on any atom is -0.363 e. The maximum atomic E-state index is 12.4. The summed E-state index contributed by atoms with van der Waals surface area (Å²) in [6.45, 7) is 5.45. The van der Waals surface area contributed by atoms with Gasteiger partial charge in [0.25, 0.3) is 0 Å². The monoisotopic (exact) mass is 360 g/mol. The summed E-state index contributed by atoms with van der Waals surface area (Å²) in [7, 11) is 0. The number of benzene rings is 2. The molecular weight excluding hydrogens is 336 g/mol. The molecule has 0 saturated heterocycles. The normalized spacial score (nSPS) is 16.3. The molecule has 1 amide bonds. The lowest BCUT2D eigenvalue weighted by Crippen LogP contribution is -2.50. The van der Waals surface area contributed by atoms with Gasteiger partial charge in [0.2, 0.25) is 5.91 Å². The summed E-state index contributed by atoms with van der Waals surface area (Å²) in [4.78, 5) is 16.7. The van der Waals surface area contributed by atoms with Crippen molar-refractivity contribution in [1.82, 2.24) is 10.2 Å². The van der Waals surface area contributed by atoms with E-state index in [1.54, 1.807) is 6.92 Å². The van der Waals surface area contributed by atoms with E-state index in [0.29, 0.717) is 0 Å². The molecule has 27 heavy (non-hydrogen) atoms. The van der Waals surface area contributed by atoms with Gasteiger partial charge in [0.1, 0.15) is 0 Å². The van der Waals surface area contributed by atoms with Crippen molar-refractivity contribution in [2.75, 3.05) is 16.3 Å². The van der Waals surface area contributed by atoms with Gasteiger partial charge in [0.05, 0.1) is 23.6 Å². The van der Waals surface area contributed by atoms with E-state index < -0.39 is 0 Å². The number of carbonyl (C=O) groups is 1. The topological polar surface area (TPSA) is 52.2 Å².